The molecule has 2 heterocycles. The molecule has 1 aliphatic rings. The summed E-state index contributed by atoms with van der Waals surface area (Å²) >= 11 is 6.26. The average Bonchev–Trinajstić information content (AvgIpc) is 2.74. The van der Waals surface area contributed by atoms with E-state index in [0.717, 1.165) is 22.3 Å². The summed E-state index contributed by atoms with van der Waals surface area (Å²) in [6, 6.07) is 12.5. The quantitative estimate of drug-likeness (QED) is 0.650. The first-order chi connectivity index (χ1) is 8.83. The lowest BCUT2D eigenvalue weighted by Crippen LogP contribution is -2.10. The fraction of sp³-hybridized carbons (Fsp3) is 0.0667. The maximum absolute atomic E-state index is 6.26. The van der Waals surface area contributed by atoms with Gasteiger partial charge >= 0.3 is 0 Å². The van der Waals surface area contributed by atoms with Crippen molar-refractivity contribution in [2.75, 3.05) is 0 Å². The van der Waals surface area contributed by atoms with Gasteiger partial charge in [0.15, 0.2) is 0 Å². The second-order valence-corrected chi connectivity index (χ2v) is 4.88. The molecule has 2 nitrogen and oxygen atoms in total. The molecule has 2 aromatic carbocycles. The van der Waals surface area contributed by atoms with E-state index >= 15 is 0 Å². The molecule has 0 amide bonds. The third-order valence-electron chi connectivity index (χ3n) is 3.36. The third kappa shape index (κ3) is 1.30. The summed E-state index contributed by atoms with van der Waals surface area (Å²) in [6.45, 7) is 0.691. The number of nitrogens with one attached hydrogen (secondary N) is 1. The molecule has 0 unspecified atom stereocenters. The zero-order valence-corrected chi connectivity index (χ0v) is 10.3. The van der Waals surface area contributed by atoms with Gasteiger partial charge in [0.05, 0.1) is 11.6 Å². The molecule has 1 aliphatic heterocycles. The van der Waals surface area contributed by atoms with Crippen LogP contribution in [-0.2, 0) is 6.54 Å². The topological polar surface area (TPSA) is 25.2 Å². The highest BCUT2D eigenvalue weighted by Crippen LogP contribution is 2.37. The van der Waals surface area contributed by atoms with Crippen LogP contribution in [0.1, 0.15) is 11.3 Å². The van der Waals surface area contributed by atoms with Crippen LogP contribution in [-0.4, -0.2) is 0 Å². The lowest BCUT2D eigenvalue weighted by atomic mass is 10.0. The standard InChI is InChI=1S/C15H10ClNO/c16-12-7-17-8-14-15(12)11-5-9-3-1-2-4-10(9)6-13(11)18-14/h1-7,17H,8H2. The van der Waals surface area contributed by atoms with Gasteiger partial charge in [-0.05, 0) is 22.9 Å². The van der Waals surface area contributed by atoms with Crippen LogP contribution in [0, 0.1) is 0 Å². The van der Waals surface area contributed by atoms with E-state index < -0.39 is 0 Å². The molecule has 4 rings (SSSR count). The van der Waals surface area contributed by atoms with Crippen molar-refractivity contribution < 1.29 is 4.42 Å². The Morgan fingerprint density at radius 1 is 1.11 bits per heavy atom. The van der Waals surface area contributed by atoms with Crippen molar-refractivity contribution in [1.29, 1.82) is 0 Å². The molecule has 0 atom stereocenters. The summed E-state index contributed by atoms with van der Waals surface area (Å²) in [4.78, 5) is 0. The lowest BCUT2D eigenvalue weighted by molar-refractivity contribution is 0.532. The van der Waals surface area contributed by atoms with Crippen LogP contribution >= 0.6 is 11.6 Å². The minimum Gasteiger partial charge on any atom is -0.458 e. The Hall–Kier alpha value is -1.93. The molecule has 3 aromatic rings. The first-order valence-electron chi connectivity index (χ1n) is 5.86. The molecule has 0 radical (unpaired) electrons. The van der Waals surface area contributed by atoms with Gasteiger partial charge in [0.1, 0.15) is 11.3 Å². The zero-order valence-electron chi connectivity index (χ0n) is 9.53. The van der Waals surface area contributed by atoms with E-state index in [1.807, 2.05) is 18.3 Å². The minimum atomic E-state index is 0.691. The van der Waals surface area contributed by atoms with Crippen molar-refractivity contribution in [3.8, 4) is 0 Å². The summed E-state index contributed by atoms with van der Waals surface area (Å²) in [6.07, 6.45) is 1.83. The van der Waals surface area contributed by atoms with E-state index in [1.54, 1.807) is 0 Å². The summed E-state index contributed by atoms with van der Waals surface area (Å²) in [5.74, 6) is 0.910. The van der Waals surface area contributed by atoms with Gasteiger partial charge in [0.2, 0.25) is 0 Å². The van der Waals surface area contributed by atoms with E-state index in [-0.39, 0.29) is 0 Å². The second-order valence-electron chi connectivity index (χ2n) is 4.47. The highest BCUT2D eigenvalue weighted by atomic mass is 35.5. The van der Waals surface area contributed by atoms with Gasteiger partial charge in [-0.2, -0.15) is 0 Å². The van der Waals surface area contributed by atoms with Crippen LogP contribution < -0.4 is 5.32 Å². The van der Waals surface area contributed by atoms with Gasteiger partial charge in [-0.25, -0.2) is 0 Å². The van der Waals surface area contributed by atoms with Gasteiger partial charge < -0.3 is 9.73 Å². The van der Waals surface area contributed by atoms with Crippen LogP contribution in [0.2, 0.25) is 0 Å². The largest absolute Gasteiger partial charge is 0.458 e. The SMILES string of the molecule is ClC1=CNCc2oc3cc4ccccc4cc3c21. The van der Waals surface area contributed by atoms with Gasteiger partial charge in [-0.3, -0.25) is 0 Å². The Balaban J connectivity index is 2.16. The lowest BCUT2D eigenvalue weighted by Gasteiger charge is -2.08. The average molecular weight is 256 g/mol. The molecule has 0 saturated heterocycles. The van der Waals surface area contributed by atoms with E-state index in [9.17, 15) is 0 Å². The summed E-state index contributed by atoms with van der Waals surface area (Å²) < 4.78 is 5.88. The molecule has 0 fully saturated rings. The predicted molar refractivity (Wildman–Crippen MR) is 74.4 cm³/mol. The Morgan fingerprint density at radius 2 is 1.89 bits per heavy atom. The van der Waals surface area contributed by atoms with Crippen LogP contribution in [0.3, 0.4) is 0 Å². The van der Waals surface area contributed by atoms with Crippen LogP contribution in [0.15, 0.2) is 47.0 Å². The first kappa shape index (κ1) is 10.0. The minimum absolute atomic E-state index is 0.691. The molecular weight excluding hydrogens is 246 g/mol. The highest BCUT2D eigenvalue weighted by molar-refractivity contribution is 6.50. The summed E-state index contributed by atoms with van der Waals surface area (Å²) in [5, 5.41) is 7.30. The number of rotatable bonds is 0. The Labute approximate surface area is 109 Å². The van der Waals surface area contributed by atoms with E-state index in [1.165, 1.54) is 10.8 Å². The third-order valence-corrected chi connectivity index (χ3v) is 3.66. The van der Waals surface area contributed by atoms with Crippen LogP contribution in [0.5, 0.6) is 0 Å². The molecule has 1 aromatic heterocycles. The Morgan fingerprint density at radius 3 is 2.72 bits per heavy atom. The van der Waals surface area contributed by atoms with Crippen LogP contribution in [0.25, 0.3) is 26.8 Å². The number of hydrogen-bond donors (Lipinski definition) is 1. The van der Waals surface area contributed by atoms with Gasteiger partial charge in [0.25, 0.3) is 0 Å². The van der Waals surface area contributed by atoms with Crippen molar-refractivity contribution in [2.45, 2.75) is 6.54 Å². The maximum Gasteiger partial charge on any atom is 0.135 e. The number of benzene rings is 2. The molecule has 0 aliphatic carbocycles. The predicted octanol–water partition coefficient (Wildman–Crippen LogP) is 4.23. The van der Waals surface area contributed by atoms with E-state index in [4.69, 9.17) is 16.0 Å². The van der Waals surface area contributed by atoms with Crippen molar-refractivity contribution in [3.05, 3.63) is 53.9 Å². The van der Waals surface area contributed by atoms with Gasteiger partial charge in [-0.1, -0.05) is 35.9 Å². The number of halogens is 1. The summed E-state index contributed by atoms with van der Waals surface area (Å²) in [7, 11) is 0. The number of hydrogen-bond acceptors (Lipinski definition) is 2. The molecule has 0 spiro atoms. The fourth-order valence-electron chi connectivity index (χ4n) is 2.52. The zero-order chi connectivity index (χ0) is 12.1. The molecule has 0 saturated carbocycles. The summed E-state index contributed by atoms with van der Waals surface area (Å²) in [5.41, 5.74) is 1.92. The van der Waals surface area contributed by atoms with Gasteiger partial charge in [-0.15, -0.1) is 0 Å². The first-order valence-corrected chi connectivity index (χ1v) is 6.24. The second kappa shape index (κ2) is 3.53. The fourth-order valence-corrected chi connectivity index (χ4v) is 2.81. The molecule has 88 valence electrons. The molecular formula is C15H10ClNO. The normalized spacial score (nSPS) is 14.4. The van der Waals surface area contributed by atoms with Crippen molar-refractivity contribution >= 4 is 38.4 Å². The van der Waals surface area contributed by atoms with Gasteiger partial charge in [0, 0.05) is 17.1 Å². The maximum atomic E-state index is 6.26. The van der Waals surface area contributed by atoms with E-state index in [0.29, 0.717) is 11.6 Å². The number of furan rings is 1. The van der Waals surface area contributed by atoms with Crippen molar-refractivity contribution in [2.24, 2.45) is 0 Å². The highest BCUT2D eigenvalue weighted by Gasteiger charge is 2.19. The smallest absolute Gasteiger partial charge is 0.135 e. The molecule has 18 heavy (non-hydrogen) atoms. The van der Waals surface area contributed by atoms with Crippen molar-refractivity contribution in [1.82, 2.24) is 5.32 Å². The molecule has 3 heteroatoms. The Kier molecular flexibility index (Phi) is 1.97. The van der Waals surface area contributed by atoms with Crippen molar-refractivity contribution in [3.63, 3.8) is 0 Å². The molecule has 0 bridgehead atoms. The monoisotopic (exact) mass is 255 g/mol. The van der Waals surface area contributed by atoms with E-state index in [2.05, 4.69) is 29.6 Å². The Bertz CT molecular complexity index is 801. The van der Waals surface area contributed by atoms with Crippen LogP contribution in [0.4, 0.5) is 0 Å². The molecule has 1 N–H and O–H groups in total. The number of fused-ring (bicyclic) bond motifs is 4.